The monoisotopic (exact) mass is 282 g/mol. The average Bonchev–Trinajstić information content (AvgIpc) is 2.29. The molecule has 9 heteroatoms. The molecule has 0 aliphatic rings. The second-order valence-electron chi connectivity index (χ2n) is 3.33. The predicted molar refractivity (Wildman–Crippen MR) is 54.1 cm³/mol. The van der Waals surface area contributed by atoms with Crippen molar-refractivity contribution in [3.05, 3.63) is 29.8 Å². The van der Waals surface area contributed by atoms with Crippen LogP contribution in [0.25, 0.3) is 0 Å². The van der Waals surface area contributed by atoms with E-state index in [1.807, 2.05) is 0 Å². The molecule has 1 aromatic rings. The summed E-state index contributed by atoms with van der Waals surface area (Å²) in [6.45, 7) is -1.06. The molecule has 0 aliphatic carbocycles. The zero-order valence-corrected chi connectivity index (χ0v) is 9.15. The number of hydrogen-bond donors (Lipinski definition) is 2. The van der Waals surface area contributed by atoms with Gasteiger partial charge < -0.3 is 10.6 Å². The lowest BCUT2D eigenvalue weighted by Gasteiger charge is -2.09. The van der Waals surface area contributed by atoms with Gasteiger partial charge in [0.2, 0.25) is 5.91 Å². The van der Waals surface area contributed by atoms with Gasteiger partial charge in [0.25, 0.3) is 0 Å². The predicted octanol–water partition coefficient (Wildman–Crippen LogP) is 1.58. The summed E-state index contributed by atoms with van der Waals surface area (Å²) in [6.07, 6.45) is -5.14. The number of benzene rings is 1. The largest absolute Gasteiger partial charge is 0.471 e. The number of para-hydroxylation sites is 1. The van der Waals surface area contributed by atoms with Gasteiger partial charge in [-0.25, -0.2) is 8.78 Å². The number of amides is 2. The molecule has 0 saturated heterocycles. The average molecular weight is 282 g/mol. The summed E-state index contributed by atoms with van der Waals surface area (Å²) < 4.78 is 61.5. The number of nitrogens with one attached hydrogen (secondary N) is 2. The van der Waals surface area contributed by atoms with Crippen LogP contribution < -0.4 is 10.6 Å². The van der Waals surface area contributed by atoms with Crippen molar-refractivity contribution in [2.45, 2.75) is 6.18 Å². The Balaban J connectivity index is 2.60. The third-order valence-electron chi connectivity index (χ3n) is 1.89. The van der Waals surface area contributed by atoms with E-state index in [9.17, 15) is 31.5 Å². The molecule has 0 heterocycles. The van der Waals surface area contributed by atoms with Crippen LogP contribution in [0.15, 0.2) is 18.2 Å². The zero-order chi connectivity index (χ0) is 14.6. The van der Waals surface area contributed by atoms with Gasteiger partial charge in [-0.3, -0.25) is 9.59 Å². The van der Waals surface area contributed by atoms with Gasteiger partial charge in [0.1, 0.15) is 17.3 Å². The third kappa shape index (κ3) is 4.19. The Morgan fingerprint density at radius 3 is 2.11 bits per heavy atom. The van der Waals surface area contributed by atoms with E-state index < -0.39 is 41.9 Å². The maximum absolute atomic E-state index is 13.1. The molecule has 0 saturated carbocycles. The fourth-order valence-electron chi connectivity index (χ4n) is 1.06. The Bertz CT molecular complexity index is 481. The summed E-state index contributed by atoms with van der Waals surface area (Å²) in [4.78, 5) is 21.5. The normalized spacial score (nSPS) is 11.0. The maximum Gasteiger partial charge on any atom is 0.471 e. The standard InChI is InChI=1S/C10H7F5N2O2/c11-5-2-1-3-6(12)8(5)17-7(18)4-16-9(19)10(13,14)15/h1-3H,4H2,(H,16,19)(H,17,18). The zero-order valence-electron chi connectivity index (χ0n) is 9.15. The molecule has 0 aromatic heterocycles. The van der Waals surface area contributed by atoms with Gasteiger partial charge in [-0.05, 0) is 12.1 Å². The van der Waals surface area contributed by atoms with Crippen LogP contribution in [0, 0.1) is 11.6 Å². The molecule has 0 fully saturated rings. The van der Waals surface area contributed by atoms with Gasteiger partial charge in [-0.1, -0.05) is 6.07 Å². The Hall–Kier alpha value is -2.19. The van der Waals surface area contributed by atoms with Crippen molar-refractivity contribution in [2.24, 2.45) is 0 Å². The molecule has 0 spiro atoms. The fraction of sp³-hybridized carbons (Fsp3) is 0.200. The van der Waals surface area contributed by atoms with Crippen molar-refractivity contribution in [3.8, 4) is 0 Å². The summed E-state index contributed by atoms with van der Waals surface area (Å²) >= 11 is 0. The molecule has 4 nitrogen and oxygen atoms in total. The van der Waals surface area contributed by atoms with Gasteiger partial charge >= 0.3 is 12.1 Å². The highest BCUT2D eigenvalue weighted by Gasteiger charge is 2.38. The van der Waals surface area contributed by atoms with Crippen LogP contribution >= 0.6 is 0 Å². The minimum absolute atomic E-state index is 0.797. The Morgan fingerprint density at radius 1 is 1.11 bits per heavy atom. The van der Waals surface area contributed by atoms with E-state index in [4.69, 9.17) is 0 Å². The first-order chi connectivity index (χ1) is 8.71. The van der Waals surface area contributed by atoms with E-state index in [0.29, 0.717) is 0 Å². The van der Waals surface area contributed by atoms with Crippen molar-refractivity contribution >= 4 is 17.5 Å². The molecule has 0 radical (unpaired) electrons. The summed E-state index contributed by atoms with van der Waals surface area (Å²) in [7, 11) is 0. The number of alkyl halides is 3. The highest BCUT2D eigenvalue weighted by atomic mass is 19.4. The number of hydrogen-bond acceptors (Lipinski definition) is 2. The second kappa shape index (κ2) is 5.63. The van der Waals surface area contributed by atoms with Crippen LogP contribution in [0.5, 0.6) is 0 Å². The number of halogens is 5. The number of carbonyl (C=O) groups is 2. The van der Waals surface area contributed by atoms with Crippen LogP contribution in [0.4, 0.5) is 27.6 Å². The third-order valence-corrected chi connectivity index (χ3v) is 1.89. The van der Waals surface area contributed by atoms with E-state index in [2.05, 4.69) is 0 Å². The van der Waals surface area contributed by atoms with E-state index in [0.717, 1.165) is 18.2 Å². The van der Waals surface area contributed by atoms with E-state index >= 15 is 0 Å². The molecule has 104 valence electrons. The molecule has 0 aliphatic heterocycles. The first-order valence-corrected chi connectivity index (χ1v) is 4.80. The molecule has 2 N–H and O–H groups in total. The second-order valence-corrected chi connectivity index (χ2v) is 3.33. The van der Waals surface area contributed by atoms with Crippen LogP contribution in [-0.2, 0) is 9.59 Å². The first-order valence-electron chi connectivity index (χ1n) is 4.80. The van der Waals surface area contributed by atoms with Crippen LogP contribution in [0.2, 0.25) is 0 Å². The van der Waals surface area contributed by atoms with Crippen LogP contribution in [0.1, 0.15) is 0 Å². The summed E-state index contributed by atoms with van der Waals surface area (Å²) in [5, 5.41) is 2.97. The van der Waals surface area contributed by atoms with Gasteiger partial charge in [-0.15, -0.1) is 0 Å². The topological polar surface area (TPSA) is 58.2 Å². The molecule has 0 atom stereocenters. The van der Waals surface area contributed by atoms with Gasteiger partial charge in [-0.2, -0.15) is 13.2 Å². The molecule has 1 rings (SSSR count). The lowest BCUT2D eigenvalue weighted by Crippen LogP contribution is -2.41. The number of rotatable bonds is 3. The Kier molecular flexibility index (Phi) is 4.41. The van der Waals surface area contributed by atoms with Crippen molar-refractivity contribution < 1.29 is 31.5 Å². The number of carbonyl (C=O) groups excluding carboxylic acids is 2. The van der Waals surface area contributed by atoms with Crippen molar-refractivity contribution in [3.63, 3.8) is 0 Å². The van der Waals surface area contributed by atoms with E-state index in [1.165, 1.54) is 5.32 Å². The van der Waals surface area contributed by atoms with E-state index in [-0.39, 0.29) is 0 Å². The lowest BCUT2D eigenvalue weighted by molar-refractivity contribution is -0.173. The van der Waals surface area contributed by atoms with Crippen molar-refractivity contribution in [1.82, 2.24) is 5.32 Å². The lowest BCUT2D eigenvalue weighted by atomic mass is 10.3. The summed E-state index contributed by atoms with van der Waals surface area (Å²) in [6, 6.07) is 2.76. The van der Waals surface area contributed by atoms with Gasteiger partial charge in [0, 0.05) is 0 Å². The molecule has 1 aromatic carbocycles. The van der Waals surface area contributed by atoms with Gasteiger partial charge in [0.05, 0.1) is 6.54 Å². The molecule has 0 bridgehead atoms. The molecule has 19 heavy (non-hydrogen) atoms. The van der Waals surface area contributed by atoms with Crippen LogP contribution in [-0.4, -0.2) is 24.5 Å². The minimum atomic E-state index is -5.14. The van der Waals surface area contributed by atoms with Crippen molar-refractivity contribution in [2.75, 3.05) is 11.9 Å². The smallest absolute Gasteiger partial charge is 0.339 e. The molecular weight excluding hydrogens is 275 g/mol. The molecular formula is C10H7F5N2O2. The van der Waals surface area contributed by atoms with Crippen molar-refractivity contribution in [1.29, 1.82) is 0 Å². The highest BCUT2D eigenvalue weighted by Crippen LogP contribution is 2.17. The van der Waals surface area contributed by atoms with E-state index in [1.54, 1.807) is 5.32 Å². The minimum Gasteiger partial charge on any atom is -0.339 e. The quantitative estimate of drug-likeness (QED) is 0.827. The highest BCUT2D eigenvalue weighted by molar-refractivity contribution is 5.95. The number of anilines is 1. The van der Waals surface area contributed by atoms with Crippen LogP contribution in [0.3, 0.4) is 0 Å². The SMILES string of the molecule is O=C(CNC(=O)C(F)(F)F)Nc1c(F)cccc1F. The molecule has 0 unspecified atom stereocenters. The summed E-state index contributed by atoms with van der Waals surface area (Å²) in [5.74, 6) is -5.69. The maximum atomic E-state index is 13.1. The Morgan fingerprint density at radius 2 is 1.63 bits per heavy atom. The fourth-order valence-corrected chi connectivity index (χ4v) is 1.06. The van der Waals surface area contributed by atoms with Gasteiger partial charge in [0.15, 0.2) is 0 Å². The summed E-state index contributed by atoms with van der Waals surface area (Å²) in [5.41, 5.74) is -0.797. The Labute approximate surface area is 103 Å². The molecule has 2 amide bonds. The first kappa shape index (κ1) is 14.9.